The molecule has 0 aliphatic rings. The van der Waals surface area contributed by atoms with Gasteiger partial charge in [-0.3, -0.25) is 4.57 Å². The summed E-state index contributed by atoms with van der Waals surface area (Å²) >= 11 is 0. The number of rotatable bonds is 7. The number of hydrogen-bond acceptors (Lipinski definition) is 2. The second-order valence-corrected chi connectivity index (χ2v) is 11.8. The van der Waals surface area contributed by atoms with Crippen LogP contribution >= 0.6 is 7.37 Å². The van der Waals surface area contributed by atoms with Gasteiger partial charge < -0.3 is 4.52 Å². The Morgan fingerprint density at radius 1 is 0.850 bits per heavy atom. The van der Waals surface area contributed by atoms with Crippen LogP contribution in [-0.4, -0.2) is 19.4 Å². The van der Waals surface area contributed by atoms with Gasteiger partial charge in [-0.1, -0.05) is 55.4 Å². The molecule has 0 aliphatic heterocycles. The summed E-state index contributed by atoms with van der Waals surface area (Å²) < 4.78 is 18.4. The molecule has 0 bridgehead atoms. The molecule has 0 N–H and O–H groups in total. The first-order valence-corrected chi connectivity index (χ1v) is 9.90. The highest BCUT2D eigenvalue weighted by Gasteiger charge is 2.30. The topological polar surface area (TPSA) is 26.3 Å². The van der Waals surface area contributed by atoms with Crippen LogP contribution in [0.4, 0.5) is 0 Å². The molecule has 0 spiro atoms. The SMILES string of the molecule is COP(=O)(CC(C)CC(C)(C)C)CC(C)CC(C)(C)C. The van der Waals surface area contributed by atoms with Gasteiger partial charge in [-0.05, 0) is 35.5 Å². The van der Waals surface area contributed by atoms with Crippen LogP contribution in [0.25, 0.3) is 0 Å². The highest BCUT2D eigenvalue weighted by molar-refractivity contribution is 7.59. The van der Waals surface area contributed by atoms with E-state index in [4.69, 9.17) is 4.52 Å². The lowest BCUT2D eigenvalue weighted by molar-refractivity contribution is 0.301. The van der Waals surface area contributed by atoms with Crippen LogP contribution in [-0.2, 0) is 9.09 Å². The molecule has 20 heavy (non-hydrogen) atoms. The molecule has 0 saturated heterocycles. The molecule has 0 saturated carbocycles. The van der Waals surface area contributed by atoms with Crippen LogP contribution < -0.4 is 0 Å². The van der Waals surface area contributed by atoms with Gasteiger partial charge in [-0.2, -0.15) is 0 Å². The molecule has 0 aromatic carbocycles. The largest absolute Gasteiger partial charge is 0.332 e. The third kappa shape index (κ3) is 10.00. The monoisotopic (exact) mass is 304 g/mol. The van der Waals surface area contributed by atoms with Crippen LogP contribution in [0.2, 0.25) is 0 Å². The van der Waals surface area contributed by atoms with E-state index in [9.17, 15) is 4.57 Å². The first-order valence-electron chi connectivity index (χ1n) is 7.90. The van der Waals surface area contributed by atoms with Crippen LogP contribution in [0.3, 0.4) is 0 Å². The standard InChI is InChI=1S/C17H37O2P/c1-14(10-16(3,4)5)12-20(18,19-9)13-15(2)11-17(6,7)8/h14-15H,10-13H2,1-9H3. The quantitative estimate of drug-likeness (QED) is 0.535. The maximum absolute atomic E-state index is 13.0. The minimum Gasteiger partial charge on any atom is -0.332 e. The maximum Gasteiger partial charge on any atom is 0.203 e. The molecule has 0 aromatic heterocycles. The third-order valence-corrected chi connectivity index (χ3v) is 6.46. The molecule has 0 amide bonds. The van der Waals surface area contributed by atoms with Crippen LogP contribution in [0.15, 0.2) is 0 Å². The van der Waals surface area contributed by atoms with Gasteiger partial charge in [0.15, 0.2) is 0 Å². The Balaban J connectivity index is 4.58. The summed E-state index contributed by atoms with van der Waals surface area (Å²) in [6.07, 6.45) is 3.62. The molecule has 2 unspecified atom stereocenters. The predicted molar refractivity (Wildman–Crippen MR) is 90.8 cm³/mol. The second kappa shape index (κ2) is 7.45. The van der Waals surface area contributed by atoms with Gasteiger partial charge in [0.2, 0.25) is 7.37 Å². The zero-order valence-electron chi connectivity index (χ0n) is 15.2. The molecule has 0 aliphatic carbocycles. The zero-order chi connectivity index (χ0) is 16.2. The summed E-state index contributed by atoms with van der Waals surface area (Å²) in [5, 5.41) is 0. The van der Waals surface area contributed by atoms with Crippen molar-refractivity contribution in [2.75, 3.05) is 19.4 Å². The van der Waals surface area contributed by atoms with E-state index >= 15 is 0 Å². The summed E-state index contributed by atoms with van der Waals surface area (Å²) in [6.45, 7) is 17.8. The van der Waals surface area contributed by atoms with E-state index in [1.54, 1.807) is 7.11 Å². The summed E-state index contributed by atoms with van der Waals surface area (Å²) in [5.41, 5.74) is 0.573. The Morgan fingerprint density at radius 3 is 1.35 bits per heavy atom. The molecule has 0 fully saturated rings. The molecule has 0 aromatic rings. The molecular formula is C17H37O2P. The van der Waals surface area contributed by atoms with Gasteiger partial charge in [-0.15, -0.1) is 0 Å². The minimum absolute atomic E-state index is 0.287. The normalized spacial score (nSPS) is 19.4. The van der Waals surface area contributed by atoms with Crippen LogP contribution in [0.1, 0.15) is 68.2 Å². The molecule has 122 valence electrons. The van der Waals surface area contributed by atoms with Gasteiger partial charge >= 0.3 is 0 Å². The van der Waals surface area contributed by atoms with E-state index in [1.165, 1.54) is 0 Å². The van der Waals surface area contributed by atoms with E-state index in [0.717, 1.165) is 25.2 Å². The van der Waals surface area contributed by atoms with Crippen molar-refractivity contribution in [3.63, 3.8) is 0 Å². The molecule has 2 nitrogen and oxygen atoms in total. The van der Waals surface area contributed by atoms with E-state index in [0.29, 0.717) is 11.8 Å². The van der Waals surface area contributed by atoms with Crippen molar-refractivity contribution in [2.45, 2.75) is 68.2 Å². The summed E-state index contributed by atoms with van der Waals surface area (Å²) in [6, 6.07) is 0. The van der Waals surface area contributed by atoms with Crippen molar-refractivity contribution >= 4 is 7.37 Å². The van der Waals surface area contributed by atoms with Crippen molar-refractivity contribution < 1.29 is 9.09 Å². The van der Waals surface area contributed by atoms with Crippen molar-refractivity contribution in [2.24, 2.45) is 22.7 Å². The minimum atomic E-state index is -2.48. The molecule has 0 rings (SSSR count). The summed E-state index contributed by atoms with van der Waals surface area (Å²) in [4.78, 5) is 0. The third-order valence-electron chi connectivity index (χ3n) is 3.43. The average Bonchev–Trinajstić information content (AvgIpc) is 2.09. The molecule has 0 radical (unpaired) electrons. The molecule has 0 heterocycles. The maximum atomic E-state index is 13.0. The first-order chi connectivity index (χ1) is 8.76. The predicted octanol–water partition coefficient (Wildman–Crippen LogP) is 6.06. The second-order valence-electron chi connectivity index (χ2n) is 9.10. The van der Waals surface area contributed by atoms with E-state index in [2.05, 4.69) is 55.4 Å². The van der Waals surface area contributed by atoms with E-state index in [1.807, 2.05) is 0 Å². The fourth-order valence-corrected chi connectivity index (χ4v) is 6.00. The Bertz CT molecular complexity index is 295. The highest BCUT2D eigenvalue weighted by Crippen LogP contribution is 2.51. The van der Waals surface area contributed by atoms with Gasteiger partial charge in [0.1, 0.15) is 0 Å². The van der Waals surface area contributed by atoms with Gasteiger partial charge in [-0.25, -0.2) is 0 Å². The van der Waals surface area contributed by atoms with Gasteiger partial charge in [0.05, 0.1) is 0 Å². The lowest BCUT2D eigenvalue weighted by atomic mass is 9.86. The average molecular weight is 304 g/mol. The van der Waals surface area contributed by atoms with E-state index in [-0.39, 0.29) is 10.8 Å². The summed E-state index contributed by atoms with van der Waals surface area (Å²) in [7, 11) is -0.865. The lowest BCUT2D eigenvalue weighted by Gasteiger charge is -2.29. The lowest BCUT2D eigenvalue weighted by Crippen LogP contribution is -2.18. The zero-order valence-corrected chi connectivity index (χ0v) is 16.1. The van der Waals surface area contributed by atoms with Crippen LogP contribution in [0, 0.1) is 22.7 Å². The smallest absolute Gasteiger partial charge is 0.203 e. The highest BCUT2D eigenvalue weighted by atomic mass is 31.2. The molecule has 3 heteroatoms. The van der Waals surface area contributed by atoms with E-state index < -0.39 is 7.37 Å². The van der Waals surface area contributed by atoms with Crippen molar-refractivity contribution in [1.82, 2.24) is 0 Å². The van der Waals surface area contributed by atoms with Crippen molar-refractivity contribution in [1.29, 1.82) is 0 Å². The van der Waals surface area contributed by atoms with Crippen molar-refractivity contribution in [3.8, 4) is 0 Å². The first kappa shape index (κ1) is 20.2. The number of hydrogen-bond donors (Lipinski definition) is 0. The Morgan fingerprint density at radius 2 is 1.15 bits per heavy atom. The Kier molecular flexibility index (Phi) is 7.52. The Hall–Kier alpha value is 0.190. The fourth-order valence-electron chi connectivity index (χ4n) is 3.39. The van der Waals surface area contributed by atoms with Gasteiger partial charge in [0, 0.05) is 19.4 Å². The summed E-state index contributed by atoms with van der Waals surface area (Å²) in [5.74, 6) is 0.894. The molecule has 2 atom stereocenters. The fraction of sp³-hybridized carbons (Fsp3) is 1.00. The molecular weight excluding hydrogens is 267 g/mol. The van der Waals surface area contributed by atoms with Gasteiger partial charge in [0.25, 0.3) is 0 Å². The van der Waals surface area contributed by atoms with Crippen molar-refractivity contribution in [3.05, 3.63) is 0 Å². The van der Waals surface area contributed by atoms with Crippen LogP contribution in [0.5, 0.6) is 0 Å². The Labute approximate surface area is 127 Å².